The molecule has 3 N–H and O–H groups in total. The molecule has 1 aromatic carbocycles. The second-order valence-electron chi connectivity index (χ2n) is 9.33. The Morgan fingerprint density at radius 1 is 1.10 bits per heavy atom. The molecule has 0 aliphatic rings. The van der Waals surface area contributed by atoms with Crippen LogP contribution in [0.15, 0.2) is 64.8 Å². The van der Waals surface area contributed by atoms with E-state index in [-0.39, 0.29) is 23.3 Å². The van der Waals surface area contributed by atoms with Gasteiger partial charge in [0.2, 0.25) is 11.8 Å². The highest BCUT2D eigenvalue weighted by Gasteiger charge is 2.22. The molecule has 0 unspecified atom stereocenters. The third kappa shape index (κ3) is 5.95. The average molecular weight is 528 g/mol. The molecular weight excluding hydrogens is 494 g/mol. The first kappa shape index (κ1) is 27.4. The number of nitrogens with two attached hydrogens (primary N) is 1. The van der Waals surface area contributed by atoms with E-state index < -0.39 is 0 Å². The Balaban J connectivity index is 1.79. The van der Waals surface area contributed by atoms with Crippen LogP contribution in [-0.2, 0) is 12.8 Å². The fourth-order valence-electron chi connectivity index (χ4n) is 4.36. The van der Waals surface area contributed by atoms with Gasteiger partial charge in [-0.1, -0.05) is 62.7 Å². The van der Waals surface area contributed by atoms with Crippen molar-refractivity contribution in [3.05, 3.63) is 93.4 Å². The van der Waals surface area contributed by atoms with Crippen molar-refractivity contribution in [3.63, 3.8) is 0 Å². The van der Waals surface area contributed by atoms with E-state index in [2.05, 4.69) is 27.0 Å². The predicted molar refractivity (Wildman–Crippen MR) is 150 cm³/mol. The van der Waals surface area contributed by atoms with E-state index in [9.17, 15) is 4.79 Å². The van der Waals surface area contributed by atoms with Crippen LogP contribution in [-0.4, -0.2) is 42.2 Å². The van der Waals surface area contributed by atoms with Gasteiger partial charge >= 0.3 is 0 Å². The Morgan fingerprint density at radius 2 is 1.90 bits per heavy atom. The predicted octanol–water partition coefficient (Wildman–Crippen LogP) is 4.24. The molecule has 0 amide bonds. The molecule has 3 aromatic heterocycles. The molecule has 10 nitrogen and oxygen atoms in total. The van der Waals surface area contributed by atoms with Crippen LogP contribution in [0.3, 0.4) is 0 Å². The highest BCUT2D eigenvalue weighted by molar-refractivity contribution is 6.02. The number of pyridine rings is 1. The zero-order valence-electron chi connectivity index (χ0n) is 22.6. The van der Waals surface area contributed by atoms with E-state index in [0.29, 0.717) is 48.0 Å². The standard InChI is InChI=1S/C29H33N7O3/c1-5-9-24-22(16-19-12-13-23(32-17-19)20-10-7-8-11-21(20)26(30)35-38)28(37)36(27(33-24)18(3)4)29-31-15-14-25(34-29)39-6-2/h7-8,10-15,17-18,38H,5-6,9,16H2,1-4H3,(H2,30,35). The van der Waals surface area contributed by atoms with Gasteiger partial charge in [-0.2, -0.15) is 4.98 Å². The summed E-state index contributed by atoms with van der Waals surface area (Å²) in [6.07, 6.45) is 5.18. The Hall–Kier alpha value is -4.60. The van der Waals surface area contributed by atoms with Crippen molar-refractivity contribution in [2.75, 3.05) is 6.61 Å². The van der Waals surface area contributed by atoms with Crippen LogP contribution in [0.1, 0.15) is 68.2 Å². The Bertz CT molecular complexity index is 1530. The van der Waals surface area contributed by atoms with Crippen LogP contribution in [0, 0.1) is 0 Å². The Kier molecular flexibility index (Phi) is 8.65. The molecule has 202 valence electrons. The molecule has 0 aliphatic heterocycles. The Labute approximate surface area is 227 Å². The van der Waals surface area contributed by atoms with Crippen molar-refractivity contribution >= 4 is 5.84 Å². The molecule has 0 aliphatic carbocycles. The van der Waals surface area contributed by atoms with Gasteiger partial charge in [0.15, 0.2) is 5.84 Å². The zero-order chi connectivity index (χ0) is 27.9. The van der Waals surface area contributed by atoms with Gasteiger partial charge in [0.05, 0.1) is 18.0 Å². The third-order valence-electron chi connectivity index (χ3n) is 6.19. The van der Waals surface area contributed by atoms with Crippen molar-refractivity contribution < 1.29 is 9.94 Å². The van der Waals surface area contributed by atoms with E-state index in [4.69, 9.17) is 20.7 Å². The number of aromatic nitrogens is 5. The van der Waals surface area contributed by atoms with Gasteiger partial charge in [-0.25, -0.2) is 14.5 Å². The average Bonchev–Trinajstić information content (AvgIpc) is 2.95. The minimum absolute atomic E-state index is 0.00757. The number of ether oxygens (including phenoxy) is 1. The van der Waals surface area contributed by atoms with Crippen LogP contribution in [0.25, 0.3) is 17.2 Å². The molecular formula is C29H33N7O3. The van der Waals surface area contributed by atoms with Gasteiger partial charge in [-0.3, -0.25) is 9.78 Å². The molecule has 0 saturated heterocycles. The van der Waals surface area contributed by atoms with Crippen molar-refractivity contribution in [1.82, 2.24) is 24.5 Å². The number of oxime groups is 1. The van der Waals surface area contributed by atoms with Gasteiger partial charge in [0.25, 0.3) is 5.56 Å². The van der Waals surface area contributed by atoms with Crippen LogP contribution < -0.4 is 16.0 Å². The van der Waals surface area contributed by atoms with E-state index in [1.807, 2.05) is 51.1 Å². The third-order valence-corrected chi connectivity index (χ3v) is 6.19. The van der Waals surface area contributed by atoms with Gasteiger partial charge in [-0.15, -0.1) is 0 Å². The largest absolute Gasteiger partial charge is 0.478 e. The summed E-state index contributed by atoms with van der Waals surface area (Å²) in [7, 11) is 0. The highest BCUT2D eigenvalue weighted by Crippen LogP contribution is 2.23. The summed E-state index contributed by atoms with van der Waals surface area (Å²) in [6, 6.07) is 12.8. The molecule has 0 fully saturated rings. The van der Waals surface area contributed by atoms with Crippen molar-refractivity contribution in [3.8, 4) is 23.1 Å². The molecule has 0 spiro atoms. The normalized spacial score (nSPS) is 11.7. The summed E-state index contributed by atoms with van der Waals surface area (Å²) in [4.78, 5) is 32.5. The SMILES string of the molecule is CCCc1nc(C(C)C)n(-c2nccc(OCC)n2)c(=O)c1Cc1ccc(-c2ccccc2C(N)=NO)nc1. The maximum atomic E-state index is 14.0. The van der Waals surface area contributed by atoms with Gasteiger partial charge in [0.1, 0.15) is 5.82 Å². The van der Waals surface area contributed by atoms with Crippen molar-refractivity contribution in [2.45, 2.75) is 52.9 Å². The molecule has 0 saturated carbocycles. The lowest BCUT2D eigenvalue weighted by Gasteiger charge is -2.18. The quantitative estimate of drug-likeness (QED) is 0.135. The van der Waals surface area contributed by atoms with Crippen LogP contribution in [0.5, 0.6) is 5.88 Å². The summed E-state index contributed by atoms with van der Waals surface area (Å²) in [5, 5.41) is 12.3. The molecule has 39 heavy (non-hydrogen) atoms. The van der Waals surface area contributed by atoms with E-state index >= 15 is 0 Å². The summed E-state index contributed by atoms with van der Waals surface area (Å²) < 4.78 is 7.05. The maximum Gasteiger partial charge on any atom is 0.264 e. The van der Waals surface area contributed by atoms with E-state index in [1.165, 1.54) is 4.57 Å². The van der Waals surface area contributed by atoms with Crippen molar-refractivity contribution in [2.24, 2.45) is 10.9 Å². The number of aryl methyl sites for hydroxylation is 1. The number of hydrogen-bond acceptors (Lipinski definition) is 8. The maximum absolute atomic E-state index is 14.0. The van der Waals surface area contributed by atoms with Gasteiger partial charge in [0, 0.05) is 47.5 Å². The lowest BCUT2D eigenvalue weighted by atomic mass is 10.00. The molecule has 4 aromatic rings. The fourth-order valence-corrected chi connectivity index (χ4v) is 4.36. The minimum Gasteiger partial charge on any atom is -0.478 e. The molecule has 4 rings (SSSR count). The molecule has 3 heterocycles. The molecule has 0 atom stereocenters. The topological polar surface area (TPSA) is 141 Å². The minimum atomic E-state index is -0.202. The first-order valence-electron chi connectivity index (χ1n) is 13.0. The summed E-state index contributed by atoms with van der Waals surface area (Å²) in [6.45, 7) is 8.38. The number of hydrogen-bond donors (Lipinski definition) is 2. The summed E-state index contributed by atoms with van der Waals surface area (Å²) in [5.74, 6) is 1.22. The first-order valence-corrected chi connectivity index (χ1v) is 13.0. The monoisotopic (exact) mass is 527 g/mol. The van der Waals surface area contributed by atoms with Gasteiger partial charge in [-0.05, 0) is 25.0 Å². The van der Waals surface area contributed by atoms with Crippen LogP contribution in [0.4, 0.5) is 0 Å². The Morgan fingerprint density at radius 3 is 2.56 bits per heavy atom. The number of benzene rings is 1. The van der Waals surface area contributed by atoms with Gasteiger partial charge < -0.3 is 15.7 Å². The van der Waals surface area contributed by atoms with Crippen molar-refractivity contribution in [1.29, 1.82) is 0 Å². The summed E-state index contributed by atoms with van der Waals surface area (Å²) in [5.41, 5.74) is 9.84. The summed E-state index contributed by atoms with van der Waals surface area (Å²) >= 11 is 0. The number of rotatable bonds is 10. The molecule has 0 radical (unpaired) electrons. The zero-order valence-corrected chi connectivity index (χ0v) is 22.6. The highest BCUT2D eigenvalue weighted by atomic mass is 16.5. The van der Waals surface area contributed by atoms with Crippen LogP contribution in [0.2, 0.25) is 0 Å². The van der Waals surface area contributed by atoms with E-state index in [0.717, 1.165) is 23.2 Å². The lowest BCUT2D eigenvalue weighted by Crippen LogP contribution is -2.31. The number of nitrogens with zero attached hydrogens (tertiary/aromatic N) is 6. The lowest BCUT2D eigenvalue weighted by molar-refractivity contribution is 0.318. The second-order valence-corrected chi connectivity index (χ2v) is 9.33. The first-order chi connectivity index (χ1) is 18.9. The number of amidine groups is 1. The smallest absolute Gasteiger partial charge is 0.264 e. The molecule has 0 bridgehead atoms. The molecule has 10 heteroatoms. The second kappa shape index (κ2) is 12.3. The fraction of sp³-hybridized carbons (Fsp3) is 0.310. The van der Waals surface area contributed by atoms with E-state index in [1.54, 1.807) is 24.5 Å². The van der Waals surface area contributed by atoms with Crippen LogP contribution >= 0.6 is 0 Å².